The van der Waals surface area contributed by atoms with Gasteiger partial charge >= 0.3 is 5.97 Å². The molecule has 0 spiro atoms. The quantitative estimate of drug-likeness (QED) is 0.165. The van der Waals surface area contributed by atoms with Crippen molar-refractivity contribution in [2.75, 3.05) is 19.8 Å². The summed E-state index contributed by atoms with van der Waals surface area (Å²) in [5.74, 6) is -0.920. The highest BCUT2D eigenvalue weighted by atomic mass is 35.5. The molecular weight excluding hydrogens is 530 g/mol. The van der Waals surface area contributed by atoms with E-state index in [0.717, 1.165) is 0 Å². The van der Waals surface area contributed by atoms with E-state index in [-0.39, 0.29) is 68.0 Å². The van der Waals surface area contributed by atoms with Crippen molar-refractivity contribution in [3.8, 4) is 34.8 Å². The molecule has 0 saturated heterocycles. The minimum Gasteiger partial charge on any atom is -0.460 e. The van der Waals surface area contributed by atoms with Crippen molar-refractivity contribution in [1.29, 1.82) is 10.5 Å². The number of hydrogen-bond donors (Lipinski definition) is 0. The summed E-state index contributed by atoms with van der Waals surface area (Å²) in [6, 6.07) is 19.1. The Morgan fingerprint density at radius 2 is 1.79 bits per heavy atom. The summed E-state index contributed by atoms with van der Waals surface area (Å²) in [5.41, 5.74) is 0.445. The van der Waals surface area contributed by atoms with Crippen molar-refractivity contribution in [2.45, 2.75) is 6.92 Å². The van der Waals surface area contributed by atoms with Crippen LogP contribution >= 0.6 is 23.2 Å². The third kappa shape index (κ3) is 5.41. The molecule has 38 heavy (non-hydrogen) atoms. The van der Waals surface area contributed by atoms with E-state index in [1.807, 2.05) is 19.1 Å². The first kappa shape index (κ1) is 26.9. The highest BCUT2D eigenvalue weighted by Gasteiger charge is 2.24. The second kappa shape index (κ2) is 11.9. The number of hydrogen-bond acceptors (Lipinski definition) is 6. The van der Waals surface area contributed by atoms with Gasteiger partial charge < -0.3 is 14.2 Å². The topological polar surface area (TPSA) is 92.3 Å². The average Bonchev–Trinajstić information content (AvgIpc) is 2.93. The molecule has 190 valence electrons. The minimum absolute atomic E-state index is 0.00930. The second-order valence-electron chi connectivity index (χ2n) is 7.94. The Bertz CT molecular complexity index is 1630. The summed E-state index contributed by atoms with van der Waals surface area (Å²) in [6.45, 7) is 2.71. The Kier molecular flexibility index (Phi) is 8.45. The van der Waals surface area contributed by atoms with E-state index >= 15 is 4.39 Å². The highest BCUT2D eigenvalue weighted by Crippen LogP contribution is 2.47. The molecule has 0 unspecified atom stereocenters. The first-order valence-electron chi connectivity index (χ1n) is 11.5. The number of esters is 1. The van der Waals surface area contributed by atoms with Gasteiger partial charge in [0.2, 0.25) is 0 Å². The van der Waals surface area contributed by atoms with Gasteiger partial charge in [0, 0.05) is 23.1 Å². The molecule has 0 heterocycles. The van der Waals surface area contributed by atoms with Crippen LogP contribution in [0.15, 0.2) is 60.7 Å². The molecule has 9 heteroatoms. The number of fused-ring (bicyclic) bond motifs is 1. The SMILES string of the molecule is CCOCCOC(=O)c1cccc(Oc2c(Cl)c(Cl)cc3cc(C#N)c(C#N)c(-c4ccccc4F)c23)c1. The molecule has 0 amide bonds. The molecule has 0 aliphatic rings. The predicted octanol–water partition coefficient (Wildman–Crippen LogP) is 7.68. The van der Waals surface area contributed by atoms with Gasteiger partial charge in [-0.2, -0.15) is 10.5 Å². The molecule has 0 bridgehead atoms. The van der Waals surface area contributed by atoms with E-state index in [1.165, 1.54) is 36.4 Å². The van der Waals surface area contributed by atoms with Crippen LogP contribution in [-0.4, -0.2) is 25.8 Å². The van der Waals surface area contributed by atoms with Crippen LogP contribution in [0.2, 0.25) is 10.0 Å². The summed E-state index contributed by atoms with van der Waals surface area (Å²) in [4.78, 5) is 12.5. The van der Waals surface area contributed by atoms with Gasteiger partial charge in [-0.3, -0.25) is 0 Å². The molecule has 0 aromatic heterocycles. The van der Waals surface area contributed by atoms with Crippen LogP contribution in [0.4, 0.5) is 4.39 Å². The van der Waals surface area contributed by atoms with E-state index in [2.05, 4.69) is 0 Å². The first-order valence-corrected chi connectivity index (χ1v) is 12.2. The summed E-state index contributed by atoms with van der Waals surface area (Å²) >= 11 is 13.0. The van der Waals surface area contributed by atoms with Gasteiger partial charge in [0.05, 0.1) is 28.3 Å². The number of carbonyl (C=O) groups is 1. The molecule has 4 rings (SSSR count). The molecule has 0 fully saturated rings. The zero-order valence-corrected chi connectivity index (χ0v) is 21.6. The monoisotopic (exact) mass is 548 g/mol. The molecule has 0 radical (unpaired) electrons. The number of rotatable bonds is 8. The highest BCUT2D eigenvalue weighted by molar-refractivity contribution is 6.44. The van der Waals surface area contributed by atoms with Crippen LogP contribution in [0.25, 0.3) is 21.9 Å². The molecule has 0 aliphatic carbocycles. The Hall–Kier alpha value is -4.14. The lowest BCUT2D eigenvalue weighted by atomic mass is 9.89. The summed E-state index contributed by atoms with van der Waals surface area (Å²) in [5, 5.41) is 20.5. The molecule has 0 atom stereocenters. The first-order chi connectivity index (χ1) is 18.4. The third-order valence-corrected chi connectivity index (χ3v) is 6.38. The molecule has 0 N–H and O–H groups in total. The lowest BCUT2D eigenvalue weighted by molar-refractivity contribution is 0.0335. The van der Waals surface area contributed by atoms with Crippen LogP contribution < -0.4 is 4.74 Å². The van der Waals surface area contributed by atoms with Crippen molar-refractivity contribution < 1.29 is 23.4 Å². The summed E-state index contributed by atoms with van der Waals surface area (Å²) in [7, 11) is 0. The lowest BCUT2D eigenvalue weighted by Gasteiger charge is -2.18. The smallest absolute Gasteiger partial charge is 0.338 e. The van der Waals surface area contributed by atoms with Gasteiger partial charge in [0.15, 0.2) is 5.75 Å². The largest absolute Gasteiger partial charge is 0.460 e. The minimum atomic E-state index is -0.603. The number of carbonyl (C=O) groups excluding carboxylic acids is 1. The number of nitriles is 2. The predicted molar refractivity (Wildman–Crippen MR) is 142 cm³/mol. The fourth-order valence-electron chi connectivity index (χ4n) is 3.94. The zero-order valence-electron chi connectivity index (χ0n) is 20.1. The Labute approximate surface area is 228 Å². The van der Waals surface area contributed by atoms with Gasteiger partial charge in [0.25, 0.3) is 0 Å². The number of halogens is 3. The van der Waals surface area contributed by atoms with E-state index in [1.54, 1.807) is 24.3 Å². The maximum atomic E-state index is 15.0. The van der Waals surface area contributed by atoms with E-state index in [4.69, 9.17) is 37.4 Å². The molecule has 6 nitrogen and oxygen atoms in total. The Morgan fingerprint density at radius 3 is 2.50 bits per heavy atom. The van der Waals surface area contributed by atoms with Crippen molar-refractivity contribution >= 4 is 39.9 Å². The van der Waals surface area contributed by atoms with Gasteiger partial charge in [0.1, 0.15) is 35.3 Å². The van der Waals surface area contributed by atoms with Gasteiger partial charge in [-0.25, -0.2) is 9.18 Å². The number of benzene rings is 4. The Balaban J connectivity index is 1.90. The molecule has 4 aromatic rings. The molecule has 0 aliphatic heterocycles. The summed E-state index contributed by atoms with van der Waals surface area (Å²) < 4.78 is 31.6. The van der Waals surface area contributed by atoms with Crippen molar-refractivity contribution in [1.82, 2.24) is 0 Å². The molecule has 0 saturated carbocycles. The molecule has 4 aromatic carbocycles. The van der Waals surface area contributed by atoms with Crippen LogP contribution in [0, 0.1) is 28.5 Å². The van der Waals surface area contributed by atoms with E-state index < -0.39 is 11.8 Å². The van der Waals surface area contributed by atoms with Crippen molar-refractivity contribution in [2.24, 2.45) is 0 Å². The number of nitrogens with zero attached hydrogens (tertiary/aromatic N) is 2. The summed E-state index contributed by atoms with van der Waals surface area (Å²) in [6.07, 6.45) is 0. The lowest BCUT2D eigenvalue weighted by Crippen LogP contribution is -2.10. The van der Waals surface area contributed by atoms with Gasteiger partial charge in [-0.05, 0) is 48.7 Å². The van der Waals surface area contributed by atoms with E-state index in [0.29, 0.717) is 12.0 Å². The van der Waals surface area contributed by atoms with Crippen molar-refractivity contribution in [3.63, 3.8) is 0 Å². The fraction of sp³-hybridized carbons (Fsp3) is 0.138. The second-order valence-corrected chi connectivity index (χ2v) is 8.73. The average molecular weight is 549 g/mol. The maximum absolute atomic E-state index is 15.0. The van der Waals surface area contributed by atoms with Crippen LogP contribution in [-0.2, 0) is 9.47 Å². The van der Waals surface area contributed by atoms with Gasteiger partial charge in [-0.1, -0.05) is 47.5 Å². The van der Waals surface area contributed by atoms with Crippen LogP contribution in [0.5, 0.6) is 11.5 Å². The maximum Gasteiger partial charge on any atom is 0.338 e. The normalized spacial score (nSPS) is 10.6. The van der Waals surface area contributed by atoms with Gasteiger partial charge in [-0.15, -0.1) is 0 Å². The number of ether oxygens (including phenoxy) is 3. The third-order valence-electron chi connectivity index (χ3n) is 5.61. The van der Waals surface area contributed by atoms with Crippen LogP contribution in [0.3, 0.4) is 0 Å². The Morgan fingerprint density at radius 1 is 1.00 bits per heavy atom. The van der Waals surface area contributed by atoms with Crippen LogP contribution in [0.1, 0.15) is 28.4 Å². The molecular formula is C29H19Cl2FN2O4. The van der Waals surface area contributed by atoms with Crippen molar-refractivity contribution in [3.05, 3.63) is 93.2 Å². The standard InChI is InChI=1S/C29H19Cl2FN2O4/c1-2-36-10-11-37-29(35)17-6-5-7-20(13-17)38-28-25-18(14-23(30)27(28)31)12-19(15-33)22(16-34)26(25)21-8-3-4-9-24(21)32/h3-9,12-14H,2,10-11H2,1H3. The fourth-order valence-corrected chi connectivity index (χ4v) is 4.33. The van der Waals surface area contributed by atoms with E-state index in [9.17, 15) is 15.3 Å². The zero-order chi connectivity index (χ0) is 27.2.